The molecule has 15 atom stereocenters. The van der Waals surface area contributed by atoms with Gasteiger partial charge in [0.1, 0.15) is 11.4 Å². The highest BCUT2D eigenvalue weighted by atomic mass is 16.7. The molecule has 8 nitrogen and oxygen atoms in total. The average Bonchev–Trinajstić information content (AvgIpc) is 3.39. The van der Waals surface area contributed by atoms with E-state index < -0.39 is 52.9 Å². The number of ketones is 1. The minimum atomic E-state index is -1.61. The Morgan fingerprint density at radius 2 is 1.49 bits per heavy atom. The van der Waals surface area contributed by atoms with Crippen LogP contribution in [0.4, 0.5) is 0 Å². The van der Waals surface area contributed by atoms with E-state index in [2.05, 4.69) is 6.92 Å². The molecule has 0 amide bonds. The van der Waals surface area contributed by atoms with Crippen molar-refractivity contribution in [3.05, 3.63) is 0 Å². The van der Waals surface area contributed by atoms with Gasteiger partial charge in [-0.3, -0.25) is 4.79 Å². The van der Waals surface area contributed by atoms with Gasteiger partial charge < -0.3 is 34.6 Å². The molecule has 240 valence electrons. The van der Waals surface area contributed by atoms with Gasteiger partial charge in [0.2, 0.25) is 0 Å². The van der Waals surface area contributed by atoms with Gasteiger partial charge in [0.05, 0.1) is 30.0 Å². The normalized spacial score (nSPS) is 47.1. The predicted octanol–water partition coefficient (Wildman–Crippen LogP) is 4.83. The summed E-state index contributed by atoms with van der Waals surface area (Å²) in [6.07, 6.45) is 0.883. The molecule has 0 aromatic heterocycles. The zero-order valence-corrected chi connectivity index (χ0v) is 27.5. The van der Waals surface area contributed by atoms with E-state index in [9.17, 15) is 25.2 Å². The molecule has 3 fully saturated rings. The van der Waals surface area contributed by atoms with Crippen molar-refractivity contribution in [2.75, 3.05) is 0 Å². The van der Waals surface area contributed by atoms with Crippen LogP contribution in [0, 0.1) is 41.4 Å². The number of rotatable bonds is 11. The van der Waals surface area contributed by atoms with E-state index in [0.717, 1.165) is 6.42 Å². The van der Waals surface area contributed by atoms with Crippen LogP contribution >= 0.6 is 0 Å². The fraction of sp³-hybridized carbons (Fsp3) is 0.970. The maximum Gasteiger partial charge on any atom is 0.198 e. The summed E-state index contributed by atoms with van der Waals surface area (Å²) in [5.74, 6) is -4.54. The second-order valence-electron chi connectivity index (χ2n) is 14.4. The fourth-order valence-corrected chi connectivity index (χ4v) is 8.56. The van der Waals surface area contributed by atoms with E-state index in [0.29, 0.717) is 32.1 Å². The number of aliphatic hydroxyl groups is 4. The van der Waals surface area contributed by atoms with Gasteiger partial charge in [-0.15, -0.1) is 0 Å². The Morgan fingerprint density at radius 3 is 1.98 bits per heavy atom. The van der Waals surface area contributed by atoms with E-state index in [-0.39, 0.29) is 41.5 Å². The second-order valence-corrected chi connectivity index (χ2v) is 14.4. The zero-order chi connectivity index (χ0) is 31.3. The Balaban J connectivity index is 1.78. The van der Waals surface area contributed by atoms with Crippen LogP contribution in [-0.2, 0) is 19.0 Å². The van der Waals surface area contributed by atoms with Gasteiger partial charge in [-0.1, -0.05) is 62.3 Å². The van der Waals surface area contributed by atoms with Crippen LogP contribution in [0.5, 0.6) is 0 Å². The van der Waals surface area contributed by atoms with E-state index >= 15 is 0 Å². The lowest BCUT2D eigenvalue weighted by Gasteiger charge is -2.48. The van der Waals surface area contributed by atoms with Crippen LogP contribution < -0.4 is 0 Å². The third-order valence-corrected chi connectivity index (χ3v) is 11.6. The van der Waals surface area contributed by atoms with Crippen LogP contribution in [0.1, 0.15) is 115 Å². The van der Waals surface area contributed by atoms with Gasteiger partial charge in [0.25, 0.3) is 0 Å². The first-order valence-corrected chi connectivity index (χ1v) is 16.3. The summed E-state index contributed by atoms with van der Waals surface area (Å²) in [7, 11) is 0. The maximum absolute atomic E-state index is 14.0. The first kappa shape index (κ1) is 34.9. The van der Waals surface area contributed by atoms with Crippen molar-refractivity contribution in [1.82, 2.24) is 0 Å². The molecule has 0 saturated carbocycles. The smallest absolute Gasteiger partial charge is 0.198 e. The second kappa shape index (κ2) is 12.4. The molecule has 0 aromatic rings. The highest BCUT2D eigenvalue weighted by molar-refractivity contribution is 5.84. The van der Waals surface area contributed by atoms with Crippen molar-refractivity contribution in [2.24, 2.45) is 41.4 Å². The third-order valence-electron chi connectivity index (χ3n) is 11.6. The molecule has 8 heteroatoms. The fourth-order valence-electron chi connectivity index (χ4n) is 8.56. The van der Waals surface area contributed by atoms with Crippen LogP contribution in [0.2, 0.25) is 0 Å². The first-order chi connectivity index (χ1) is 18.9. The molecule has 41 heavy (non-hydrogen) atoms. The molecule has 3 aliphatic rings. The molecule has 3 aliphatic heterocycles. The van der Waals surface area contributed by atoms with Crippen molar-refractivity contribution in [1.29, 1.82) is 0 Å². The highest BCUT2D eigenvalue weighted by Gasteiger charge is 2.66. The van der Waals surface area contributed by atoms with Gasteiger partial charge >= 0.3 is 0 Å². The first-order valence-electron chi connectivity index (χ1n) is 16.3. The van der Waals surface area contributed by atoms with Crippen LogP contribution in [0.3, 0.4) is 0 Å². The number of Topliss-reactive ketones (excluding diaryl/α,β-unsaturated/α-hetero) is 1. The molecule has 0 aliphatic carbocycles. The lowest BCUT2D eigenvalue weighted by molar-refractivity contribution is -0.331. The summed E-state index contributed by atoms with van der Waals surface area (Å²) < 4.78 is 19.2. The molecular formula is C33H60O8. The van der Waals surface area contributed by atoms with Crippen LogP contribution in [-0.4, -0.2) is 73.4 Å². The Labute approximate surface area is 248 Å². The molecule has 3 heterocycles. The maximum atomic E-state index is 14.0. The highest BCUT2D eigenvalue weighted by Crippen LogP contribution is 2.55. The molecule has 0 spiro atoms. The van der Waals surface area contributed by atoms with Gasteiger partial charge in [0, 0.05) is 29.6 Å². The average molecular weight is 585 g/mol. The summed E-state index contributed by atoms with van der Waals surface area (Å²) >= 11 is 0. The largest absolute Gasteiger partial charge is 0.392 e. The summed E-state index contributed by atoms with van der Waals surface area (Å²) in [5, 5.41) is 45.0. The van der Waals surface area contributed by atoms with Crippen molar-refractivity contribution in [2.45, 2.75) is 162 Å². The molecule has 3 saturated heterocycles. The molecule has 3 rings (SSSR count). The van der Waals surface area contributed by atoms with Crippen LogP contribution in [0.15, 0.2) is 0 Å². The molecule has 0 unspecified atom stereocenters. The SMILES string of the molecule is CC[C@@H](C(=O)[C@@H](C)[C@@H](O)[C@H](C)[C@H]1O[C@@](O)(CC)[C@H](C)C[C@@H]1C)[C@H]1O[C@](C)([C@]2(O)O[C@@](CC)([C@@H](C)O)C[C@H]2C)C[C@@H]1C. The summed E-state index contributed by atoms with van der Waals surface area (Å²) in [6.45, 7) is 21.1. The van der Waals surface area contributed by atoms with E-state index in [1.54, 1.807) is 13.8 Å². The lowest BCUT2D eigenvalue weighted by Crippen LogP contribution is -2.57. The predicted molar refractivity (Wildman–Crippen MR) is 158 cm³/mol. The zero-order valence-electron chi connectivity index (χ0n) is 27.5. The minimum absolute atomic E-state index is 0.00797. The monoisotopic (exact) mass is 584 g/mol. The summed E-state index contributed by atoms with van der Waals surface area (Å²) in [5.41, 5.74) is -1.91. The number of aliphatic hydroxyl groups excluding tert-OH is 2. The molecule has 0 bridgehead atoms. The number of hydrogen-bond donors (Lipinski definition) is 4. The Bertz CT molecular complexity index is 912. The number of carbonyl (C=O) groups is 1. The van der Waals surface area contributed by atoms with Crippen molar-refractivity contribution < 1.29 is 39.4 Å². The Morgan fingerprint density at radius 1 is 0.878 bits per heavy atom. The quantitative estimate of drug-likeness (QED) is 0.272. The minimum Gasteiger partial charge on any atom is -0.392 e. The van der Waals surface area contributed by atoms with Gasteiger partial charge in [0.15, 0.2) is 11.6 Å². The van der Waals surface area contributed by atoms with Gasteiger partial charge in [-0.05, 0) is 64.2 Å². The molecule has 0 radical (unpaired) electrons. The Kier molecular flexibility index (Phi) is 10.6. The lowest BCUT2D eigenvalue weighted by atomic mass is 9.73. The molecule has 0 aromatic carbocycles. The number of hydrogen-bond acceptors (Lipinski definition) is 8. The van der Waals surface area contributed by atoms with Crippen molar-refractivity contribution >= 4 is 5.78 Å². The topological polar surface area (TPSA) is 126 Å². The summed E-state index contributed by atoms with van der Waals surface area (Å²) in [4.78, 5) is 14.0. The Hall–Kier alpha value is -0.610. The van der Waals surface area contributed by atoms with Crippen LogP contribution in [0.25, 0.3) is 0 Å². The van der Waals surface area contributed by atoms with E-state index in [1.807, 2.05) is 55.4 Å². The summed E-state index contributed by atoms with van der Waals surface area (Å²) in [6, 6.07) is 0. The van der Waals surface area contributed by atoms with Crippen molar-refractivity contribution in [3.63, 3.8) is 0 Å². The van der Waals surface area contributed by atoms with E-state index in [1.165, 1.54) is 0 Å². The third kappa shape index (κ3) is 5.93. The van der Waals surface area contributed by atoms with E-state index in [4.69, 9.17) is 14.2 Å². The number of carbonyl (C=O) groups excluding carboxylic acids is 1. The van der Waals surface area contributed by atoms with Gasteiger partial charge in [-0.25, -0.2) is 0 Å². The molecular weight excluding hydrogens is 524 g/mol. The van der Waals surface area contributed by atoms with Crippen molar-refractivity contribution in [3.8, 4) is 0 Å². The molecule has 4 N–H and O–H groups in total. The van der Waals surface area contributed by atoms with Gasteiger partial charge in [-0.2, -0.15) is 0 Å². The standard InChI is InChI=1S/C33H60O8/c1-12-25(27(36)22(8)26(35)23(9)28-18(4)15-20(6)32(37,14-3)40-28)29-19(5)16-30(11,39-29)33(38)21(7)17-31(13-2,41-33)24(10)34/h18-26,28-29,34-35,37-38H,12-17H2,1-11H3/t18-,19-,20+,21+,22-,23-,24+,25-,26+,28-,29-,30-,31+,32-,33+/m0/s1. The number of ether oxygens (including phenoxy) is 3.